The van der Waals surface area contributed by atoms with Crippen LogP contribution in [-0.2, 0) is 4.79 Å². The number of hydrogen-bond donors (Lipinski definition) is 1. The first-order chi connectivity index (χ1) is 4.57. The predicted molar refractivity (Wildman–Crippen MR) is 40.9 cm³/mol. The van der Waals surface area contributed by atoms with Crippen LogP contribution in [0.25, 0.3) is 0 Å². The first-order valence-electron chi connectivity index (χ1n) is 3.79. The molecule has 0 aromatic carbocycles. The molecule has 0 heterocycles. The van der Waals surface area contributed by atoms with Crippen LogP contribution in [0, 0.1) is 11.8 Å². The van der Waals surface area contributed by atoms with Crippen molar-refractivity contribution in [2.24, 2.45) is 11.8 Å². The zero-order valence-electron chi connectivity index (χ0n) is 6.92. The second-order valence-electron chi connectivity index (χ2n) is 2.96. The molecule has 0 saturated heterocycles. The highest BCUT2D eigenvalue weighted by molar-refractivity contribution is 5.66. The summed E-state index contributed by atoms with van der Waals surface area (Å²) in [6.07, 6.45) is 1.36. The van der Waals surface area contributed by atoms with Crippen molar-refractivity contribution in [3.05, 3.63) is 0 Å². The Morgan fingerprint density at radius 2 is 1.90 bits per heavy atom. The molecular weight excluding hydrogens is 128 g/mol. The van der Waals surface area contributed by atoms with Gasteiger partial charge in [-0.15, -0.1) is 0 Å². The average Bonchev–Trinajstić information content (AvgIpc) is 1.85. The van der Waals surface area contributed by atoms with Crippen molar-refractivity contribution in [3.8, 4) is 0 Å². The SMILES string of the molecule is CC[C@H](C)[C@H](C)CC(=O)O. The molecule has 60 valence electrons. The molecule has 2 nitrogen and oxygen atoms in total. The standard InChI is InChI=1S/C8H16O2/c1-4-6(2)7(3)5-8(9)10/h6-7H,4-5H2,1-3H3,(H,9,10)/t6-,7+/m0/s1. The Balaban J connectivity index is 3.61. The van der Waals surface area contributed by atoms with Gasteiger partial charge in [-0.2, -0.15) is 0 Å². The summed E-state index contributed by atoms with van der Waals surface area (Å²) in [6.45, 7) is 6.17. The van der Waals surface area contributed by atoms with Gasteiger partial charge in [-0.3, -0.25) is 4.79 Å². The fraction of sp³-hybridized carbons (Fsp3) is 0.875. The molecule has 2 atom stereocenters. The Morgan fingerprint density at radius 3 is 2.20 bits per heavy atom. The molecule has 0 amide bonds. The van der Waals surface area contributed by atoms with E-state index in [4.69, 9.17) is 5.11 Å². The Morgan fingerprint density at radius 1 is 1.40 bits per heavy atom. The highest BCUT2D eigenvalue weighted by Gasteiger charge is 2.12. The minimum atomic E-state index is -0.687. The summed E-state index contributed by atoms with van der Waals surface area (Å²) in [6, 6.07) is 0. The third-order valence-electron chi connectivity index (χ3n) is 2.11. The summed E-state index contributed by atoms with van der Waals surface area (Å²) in [5, 5.41) is 8.43. The lowest BCUT2D eigenvalue weighted by atomic mass is 9.91. The van der Waals surface area contributed by atoms with Crippen molar-refractivity contribution in [3.63, 3.8) is 0 Å². The van der Waals surface area contributed by atoms with Crippen LogP contribution in [0.5, 0.6) is 0 Å². The Labute approximate surface area is 62.2 Å². The van der Waals surface area contributed by atoms with Crippen LogP contribution >= 0.6 is 0 Å². The first kappa shape index (κ1) is 9.47. The van der Waals surface area contributed by atoms with Gasteiger partial charge in [0, 0.05) is 6.42 Å². The molecule has 0 spiro atoms. The van der Waals surface area contributed by atoms with E-state index in [0.717, 1.165) is 6.42 Å². The Bertz CT molecular complexity index is 110. The molecule has 1 N–H and O–H groups in total. The summed E-state index contributed by atoms with van der Waals surface area (Å²) in [5.41, 5.74) is 0. The Kier molecular flexibility index (Phi) is 4.08. The second kappa shape index (κ2) is 4.31. The van der Waals surface area contributed by atoms with Crippen LogP contribution in [0.3, 0.4) is 0 Å². The van der Waals surface area contributed by atoms with Gasteiger partial charge in [0.15, 0.2) is 0 Å². The van der Waals surface area contributed by atoms with E-state index >= 15 is 0 Å². The van der Waals surface area contributed by atoms with Gasteiger partial charge < -0.3 is 5.11 Å². The van der Waals surface area contributed by atoms with Gasteiger partial charge in [0.05, 0.1) is 0 Å². The van der Waals surface area contributed by atoms with Crippen LogP contribution in [-0.4, -0.2) is 11.1 Å². The third-order valence-corrected chi connectivity index (χ3v) is 2.11. The van der Waals surface area contributed by atoms with Gasteiger partial charge in [0.1, 0.15) is 0 Å². The van der Waals surface area contributed by atoms with Crippen molar-refractivity contribution >= 4 is 5.97 Å². The highest BCUT2D eigenvalue weighted by atomic mass is 16.4. The molecule has 0 aliphatic carbocycles. The molecule has 0 radical (unpaired) electrons. The summed E-state index contributed by atoms with van der Waals surface area (Å²) < 4.78 is 0. The lowest BCUT2D eigenvalue weighted by Gasteiger charge is -2.14. The quantitative estimate of drug-likeness (QED) is 0.656. The van der Waals surface area contributed by atoms with Crippen LogP contribution in [0.1, 0.15) is 33.6 Å². The second-order valence-corrected chi connectivity index (χ2v) is 2.96. The minimum absolute atomic E-state index is 0.301. The summed E-state index contributed by atoms with van der Waals surface area (Å²) in [4.78, 5) is 10.2. The molecule has 2 heteroatoms. The molecule has 0 aromatic heterocycles. The van der Waals surface area contributed by atoms with Gasteiger partial charge in [-0.25, -0.2) is 0 Å². The van der Waals surface area contributed by atoms with E-state index in [1.54, 1.807) is 0 Å². The van der Waals surface area contributed by atoms with Crippen molar-refractivity contribution in [1.29, 1.82) is 0 Å². The lowest BCUT2D eigenvalue weighted by molar-refractivity contribution is -0.138. The zero-order valence-corrected chi connectivity index (χ0v) is 6.92. The smallest absolute Gasteiger partial charge is 0.303 e. The van der Waals surface area contributed by atoms with E-state index in [1.165, 1.54) is 0 Å². The maximum absolute atomic E-state index is 10.2. The molecule has 0 bridgehead atoms. The molecule has 0 aliphatic heterocycles. The van der Waals surface area contributed by atoms with E-state index in [9.17, 15) is 4.79 Å². The first-order valence-corrected chi connectivity index (χ1v) is 3.79. The summed E-state index contributed by atoms with van der Waals surface area (Å²) >= 11 is 0. The van der Waals surface area contributed by atoms with Gasteiger partial charge in [0.2, 0.25) is 0 Å². The molecule has 0 fully saturated rings. The molecule has 0 aliphatic rings. The van der Waals surface area contributed by atoms with Gasteiger partial charge in [0.25, 0.3) is 0 Å². The van der Waals surface area contributed by atoms with E-state index in [-0.39, 0.29) is 0 Å². The number of aliphatic carboxylic acids is 1. The molecule has 0 aromatic rings. The molecule has 10 heavy (non-hydrogen) atoms. The fourth-order valence-electron chi connectivity index (χ4n) is 0.879. The summed E-state index contributed by atoms with van der Waals surface area (Å²) in [5.74, 6) is 0.145. The van der Waals surface area contributed by atoms with Crippen molar-refractivity contribution in [2.45, 2.75) is 33.6 Å². The fourth-order valence-corrected chi connectivity index (χ4v) is 0.879. The van der Waals surface area contributed by atoms with E-state index < -0.39 is 5.97 Å². The molecule has 0 unspecified atom stereocenters. The van der Waals surface area contributed by atoms with Crippen molar-refractivity contribution in [2.75, 3.05) is 0 Å². The van der Waals surface area contributed by atoms with Crippen molar-refractivity contribution in [1.82, 2.24) is 0 Å². The van der Waals surface area contributed by atoms with Crippen LogP contribution in [0.2, 0.25) is 0 Å². The number of carbonyl (C=O) groups is 1. The third kappa shape index (κ3) is 3.49. The Hall–Kier alpha value is -0.530. The molecule has 0 saturated carbocycles. The number of hydrogen-bond acceptors (Lipinski definition) is 1. The molecular formula is C8H16O2. The van der Waals surface area contributed by atoms with Gasteiger partial charge in [-0.1, -0.05) is 27.2 Å². The van der Waals surface area contributed by atoms with Gasteiger partial charge in [-0.05, 0) is 11.8 Å². The number of carboxylic acid groups (broad SMARTS) is 1. The maximum Gasteiger partial charge on any atom is 0.303 e. The topological polar surface area (TPSA) is 37.3 Å². The lowest BCUT2D eigenvalue weighted by Crippen LogP contribution is -2.11. The van der Waals surface area contributed by atoms with E-state index in [0.29, 0.717) is 18.3 Å². The maximum atomic E-state index is 10.2. The largest absolute Gasteiger partial charge is 0.481 e. The monoisotopic (exact) mass is 144 g/mol. The average molecular weight is 144 g/mol. The predicted octanol–water partition coefficient (Wildman–Crippen LogP) is 2.14. The highest BCUT2D eigenvalue weighted by Crippen LogP contribution is 2.17. The van der Waals surface area contributed by atoms with E-state index in [2.05, 4.69) is 13.8 Å². The molecule has 0 rings (SSSR count). The normalized spacial score (nSPS) is 16.3. The number of carboxylic acids is 1. The van der Waals surface area contributed by atoms with Crippen LogP contribution < -0.4 is 0 Å². The minimum Gasteiger partial charge on any atom is -0.481 e. The van der Waals surface area contributed by atoms with Gasteiger partial charge >= 0.3 is 5.97 Å². The van der Waals surface area contributed by atoms with Crippen LogP contribution in [0.4, 0.5) is 0 Å². The zero-order chi connectivity index (χ0) is 8.15. The summed E-state index contributed by atoms with van der Waals surface area (Å²) in [7, 11) is 0. The van der Waals surface area contributed by atoms with Crippen molar-refractivity contribution < 1.29 is 9.90 Å². The van der Waals surface area contributed by atoms with Crippen LogP contribution in [0.15, 0.2) is 0 Å². The van der Waals surface area contributed by atoms with E-state index in [1.807, 2.05) is 6.92 Å². The number of rotatable bonds is 4.